The van der Waals surface area contributed by atoms with Gasteiger partial charge in [-0.3, -0.25) is 19.3 Å². The van der Waals surface area contributed by atoms with Crippen LogP contribution in [-0.2, 0) is 4.79 Å². The van der Waals surface area contributed by atoms with Crippen molar-refractivity contribution in [3.05, 3.63) is 57.1 Å². The van der Waals surface area contributed by atoms with Gasteiger partial charge in [0.15, 0.2) is 5.16 Å². The number of aromatic nitrogens is 4. The Labute approximate surface area is 164 Å². The van der Waals surface area contributed by atoms with E-state index in [1.807, 2.05) is 28.7 Å². The summed E-state index contributed by atoms with van der Waals surface area (Å²) < 4.78 is 2.30. The molecule has 0 saturated carbocycles. The summed E-state index contributed by atoms with van der Waals surface area (Å²) in [6.45, 7) is 0. The molecule has 0 unspecified atom stereocenters. The number of aromatic amines is 1. The van der Waals surface area contributed by atoms with Crippen LogP contribution in [0.1, 0.15) is 0 Å². The quantitative estimate of drug-likeness (QED) is 0.274. The van der Waals surface area contributed by atoms with E-state index in [0.29, 0.717) is 21.1 Å². The summed E-state index contributed by atoms with van der Waals surface area (Å²) in [5.74, 6) is 0.475. The van der Waals surface area contributed by atoms with Gasteiger partial charge in [-0.1, -0.05) is 23.9 Å². The lowest BCUT2D eigenvalue weighted by Gasteiger charge is -2.06. The van der Waals surface area contributed by atoms with Crippen molar-refractivity contribution >= 4 is 61.8 Å². The Bertz CT molecular complexity index is 1190. The summed E-state index contributed by atoms with van der Waals surface area (Å²) in [4.78, 5) is 27.0. The molecule has 4 rings (SSSR count). The van der Waals surface area contributed by atoms with Crippen LogP contribution >= 0.6 is 27.7 Å². The number of non-ortho nitro benzene ring substituents is 1. The average molecular weight is 447 g/mol. The van der Waals surface area contributed by atoms with Gasteiger partial charge in [0.2, 0.25) is 11.7 Å². The maximum atomic E-state index is 12.3. The van der Waals surface area contributed by atoms with Crippen LogP contribution in [0.3, 0.4) is 0 Å². The van der Waals surface area contributed by atoms with Gasteiger partial charge in [-0.05, 0) is 34.1 Å². The van der Waals surface area contributed by atoms with E-state index >= 15 is 0 Å². The zero-order valence-corrected chi connectivity index (χ0v) is 16.0. The van der Waals surface area contributed by atoms with Crippen LogP contribution in [0, 0.1) is 10.1 Å². The average Bonchev–Trinajstić information content (AvgIpc) is 3.20. The van der Waals surface area contributed by atoms with E-state index in [4.69, 9.17) is 0 Å². The Kier molecular flexibility index (Phi) is 4.54. The summed E-state index contributed by atoms with van der Waals surface area (Å²) in [6, 6.07) is 11.8. The van der Waals surface area contributed by atoms with Gasteiger partial charge in [-0.15, -0.1) is 5.10 Å². The third kappa shape index (κ3) is 3.38. The highest BCUT2D eigenvalue weighted by molar-refractivity contribution is 9.10. The molecule has 9 nitrogen and oxygen atoms in total. The number of nitro benzene ring substituents is 1. The molecule has 2 heterocycles. The second-order valence-electron chi connectivity index (χ2n) is 5.52. The number of nitrogens with zero attached hydrogens (tertiary/aromatic N) is 4. The maximum Gasteiger partial charge on any atom is 0.270 e. The molecule has 4 aromatic rings. The number of carbonyl (C=O) groups is 1. The number of imidazole rings is 1. The van der Waals surface area contributed by atoms with Crippen LogP contribution in [-0.4, -0.2) is 36.2 Å². The van der Waals surface area contributed by atoms with E-state index in [2.05, 4.69) is 36.4 Å². The zero-order valence-electron chi connectivity index (χ0n) is 13.5. The first-order valence-corrected chi connectivity index (χ1v) is 9.49. The number of thioether (sulfide) groups is 1. The molecule has 0 bridgehead atoms. The SMILES string of the molecule is O=C(CSc1n[nH]c2nc3ccccc3n12)Nc1ccc([N+](=O)[O-])cc1Br. The number of para-hydroxylation sites is 2. The van der Waals surface area contributed by atoms with Crippen molar-refractivity contribution in [2.24, 2.45) is 0 Å². The molecule has 1 amide bonds. The first-order chi connectivity index (χ1) is 13.0. The maximum absolute atomic E-state index is 12.3. The van der Waals surface area contributed by atoms with Crippen molar-refractivity contribution < 1.29 is 9.72 Å². The van der Waals surface area contributed by atoms with Crippen molar-refractivity contribution in [1.29, 1.82) is 0 Å². The Morgan fingerprint density at radius 1 is 1.33 bits per heavy atom. The summed E-state index contributed by atoms with van der Waals surface area (Å²) in [5.41, 5.74) is 2.15. The molecular weight excluding hydrogens is 436 g/mol. The molecule has 11 heteroatoms. The fourth-order valence-electron chi connectivity index (χ4n) is 2.57. The van der Waals surface area contributed by atoms with Gasteiger partial charge in [-0.25, -0.2) is 10.1 Å². The minimum atomic E-state index is -0.496. The fourth-order valence-corrected chi connectivity index (χ4v) is 3.80. The second kappa shape index (κ2) is 7.00. The second-order valence-corrected chi connectivity index (χ2v) is 7.32. The van der Waals surface area contributed by atoms with Crippen LogP contribution < -0.4 is 5.32 Å². The van der Waals surface area contributed by atoms with Crippen molar-refractivity contribution in [2.75, 3.05) is 11.1 Å². The predicted octanol–water partition coefficient (Wildman–Crippen LogP) is 3.61. The number of nitrogens with one attached hydrogen (secondary N) is 2. The van der Waals surface area contributed by atoms with Crippen LogP contribution in [0.15, 0.2) is 52.1 Å². The molecule has 0 atom stereocenters. The number of nitro groups is 1. The molecule has 27 heavy (non-hydrogen) atoms. The van der Waals surface area contributed by atoms with Gasteiger partial charge in [0.05, 0.1) is 27.4 Å². The summed E-state index contributed by atoms with van der Waals surface area (Å²) in [7, 11) is 0. The number of carbonyl (C=O) groups excluding carboxylic acids is 1. The van der Waals surface area contributed by atoms with Crippen molar-refractivity contribution in [2.45, 2.75) is 5.16 Å². The predicted molar refractivity (Wildman–Crippen MR) is 105 cm³/mol. The summed E-state index contributed by atoms with van der Waals surface area (Å²) in [5, 5.41) is 21.2. The molecule has 2 aromatic carbocycles. The number of benzene rings is 2. The van der Waals surface area contributed by atoms with E-state index in [1.54, 1.807) is 0 Å². The molecule has 0 fully saturated rings. The lowest BCUT2D eigenvalue weighted by atomic mass is 10.3. The number of hydrogen-bond donors (Lipinski definition) is 2. The standard InChI is InChI=1S/C16H11BrN6O3S/c17-10-7-9(23(25)26)5-6-11(10)18-14(24)8-27-16-21-20-15-19-12-3-1-2-4-13(12)22(15)16/h1-7H,8H2,(H,18,24)(H,19,20). The van der Waals surface area contributed by atoms with Gasteiger partial charge in [0, 0.05) is 16.6 Å². The van der Waals surface area contributed by atoms with Crippen LogP contribution in [0.2, 0.25) is 0 Å². The van der Waals surface area contributed by atoms with Gasteiger partial charge < -0.3 is 5.32 Å². The first kappa shape index (κ1) is 17.5. The number of halogens is 1. The monoisotopic (exact) mass is 446 g/mol. The first-order valence-electron chi connectivity index (χ1n) is 7.71. The van der Waals surface area contributed by atoms with Crippen LogP contribution in [0.25, 0.3) is 16.8 Å². The normalized spacial score (nSPS) is 11.1. The number of hydrogen-bond acceptors (Lipinski definition) is 6. The van der Waals surface area contributed by atoms with Gasteiger partial charge >= 0.3 is 0 Å². The molecule has 136 valence electrons. The minimum absolute atomic E-state index is 0.0554. The van der Waals surface area contributed by atoms with E-state index < -0.39 is 4.92 Å². The van der Waals surface area contributed by atoms with E-state index in [1.165, 1.54) is 30.0 Å². The Balaban J connectivity index is 1.48. The zero-order chi connectivity index (χ0) is 19.0. The largest absolute Gasteiger partial charge is 0.324 e. The van der Waals surface area contributed by atoms with Crippen LogP contribution in [0.5, 0.6) is 0 Å². The lowest BCUT2D eigenvalue weighted by Crippen LogP contribution is -2.14. The molecule has 2 aromatic heterocycles. The number of H-pyrrole nitrogens is 1. The molecule has 0 aliphatic heterocycles. The van der Waals surface area contributed by atoms with Crippen molar-refractivity contribution in [1.82, 2.24) is 19.6 Å². The Morgan fingerprint density at radius 2 is 2.15 bits per heavy atom. The van der Waals surface area contributed by atoms with Gasteiger partial charge in [-0.2, -0.15) is 0 Å². The summed E-state index contributed by atoms with van der Waals surface area (Å²) >= 11 is 4.49. The third-order valence-corrected chi connectivity index (χ3v) is 5.37. The highest BCUT2D eigenvalue weighted by Gasteiger charge is 2.15. The molecule has 0 aliphatic carbocycles. The number of rotatable bonds is 5. The van der Waals surface area contributed by atoms with E-state index in [-0.39, 0.29) is 17.3 Å². The van der Waals surface area contributed by atoms with Gasteiger partial charge in [0.25, 0.3) is 5.69 Å². The van der Waals surface area contributed by atoms with Crippen LogP contribution in [0.4, 0.5) is 11.4 Å². The topological polar surface area (TPSA) is 118 Å². The highest BCUT2D eigenvalue weighted by Crippen LogP contribution is 2.28. The van der Waals surface area contributed by atoms with Crippen molar-refractivity contribution in [3.63, 3.8) is 0 Å². The minimum Gasteiger partial charge on any atom is -0.324 e. The number of fused-ring (bicyclic) bond motifs is 3. The smallest absolute Gasteiger partial charge is 0.270 e. The van der Waals surface area contributed by atoms with Crippen molar-refractivity contribution in [3.8, 4) is 0 Å². The number of anilines is 1. The molecule has 0 saturated heterocycles. The number of amides is 1. The molecule has 0 spiro atoms. The highest BCUT2D eigenvalue weighted by atomic mass is 79.9. The van der Waals surface area contributed by atoms with E-state index in [0.717, 1.165) is 11.0 Å². The molecule has 2 N–H and O–H groups in total. The molecule has 0 radical (unpaired) electrons. The molecular formula is C16H11BrN6O3S. The Morgan fingerprint density at radius 3 is 2.93 bits per heavy atom. The third-order valence-electron chi connectivity index (χ3n) is 3.77. The fraction of sp³-hybridized carbons (Fsp3) is 0.0625. The lowest BCUT2D eigenvalue weighted by molar-refractivity contribution is -0.384. The molecule has 0 aliphatic rings. The van der Waals surface area contributed by atoms with E-state index in [9.17, 15) is 14.9 Å². The van der Waals surface area contributed by atoms with Gasteiger partial charge in [0.1, 0.15) is 0 Å². The Hall–Kier alpha value is -2.92. The summed E-state index contributed by atoms with van der Waals surface area (Å²) in [6.07, 6.45) is 0.